The number of carbonyl (C=O) groups is 2. The van der Waals surface area contributed by atoms with E-state index in [0.29, 0.717) is 17.5 Å². The van der Waals surface area contributed by atoms with Crippen LogP contribution in [-0.2, 0) is 4.79 Å². The third kappa shape index (κ3) is 2.77. The number of carbonyl (C=O) groups excluding carboxylic acids is 1. The molecule has 0 aliphatic rings. The monoisotopic (exact) mass is 204 g/mol. The van der Waals surface area contributed by atoms with Gasteiger partial charge in [0.1, 0.15) is 6.29 Å². The lowest BCUT2D eigenvalue weighted by Crippen LogP contribution is -2.02. The van der Waals surface area contributed by atoms with E-state index < -0.39 is 5.97 Å². The number of aldehydes is 1. The zero-order valence-corrected chi connectivity index (χ0v) is 8.43. The Hall–Kier alpha value is -1.90. The van der Waals surface area contributed by atoms with Crippen molar-refractivity contribution in [1.29, 1.82) is 0 Å². The van der Waals surface area contributed by atoms with Crippen LogP contribution in [0.25, 0.3) is 6.08 Å². The van der Waals surface area contributed by atoms with Gasteiger partial charge in [0.2, 0.25) is 0 Å². The Morgan fingerprint density at radius 2 is 2.20 bits per heavy atom. The fourth-order valence-corrected chi connectivity index (χ4v) is 1.37. The molecule has 0 bridgehead atoms. The molecule has 0 aliphatic heterocycles. The molecule has 1 aromatic rings. The Balaban J connectivity index is 3.11. The molecular weight excluding hydrogens is 192 g/mol. The zero-order chi connectivity index (χ0) is 11.3. The molecule has 1 N–H and O–H groups in total. The van der Waals surface area contributed by atoms with E-state index in [9.17, 15) is 9.59 Å². The number of carboxylic acid groups (broad SMARTS) is 1. The normalized spacial score (nSPS) is 10.5. The SMILES string of the molecule is Cc1cccc(C=CCC=O)c1C(=O)O. The van der Waals surface area contributed by atoms with Gasteiger partial charge in [-0.1, -0.05) is 30.4 Å². The molecule has 1 rings (SSSR count). The minimum Gasteiger partial charge on any atom is -0.478 e. The standard InChI is InChI=1S/C12H12O3/c1-9-5-4-7-10(6-2-3-8-13)11(9)12(14)15/h2,4-8H,3H2,1H3,(H,14,15). The first-order valence-electron chi connectivity index (χ1n) is 4.60. The maximum absolute atomic E-state index is 11.0. The average molecular weight is 204 g/mol. The van der Waals surface area contributed by atoms with Crippen molar-refractivity contribution in [3.8, 4) is 0 Å². The van der Waals surface area contributed by atoms with Crippen LogP contribution < -0.4 is 0 Å². The van der Waals surface area contributed by atoms with Crippen molar-refractivity contribution in [2.75, 3.05) is 0 Å². The minimum absolute atomic E-state index is 0.291. The van der Waals surface area contributed by atoms with E-state index in [1.54, 1.807) is 37.3 Å². The smallest absolute Gasteiger partial charge is 0.336 e. The Labute approximate surface area is 88.0 Å². The summed E-state index contributed by atoms with van der Waals surface area (Å²) >= 11 is 0. The van der Waals surface area contributed by atoms with Gasteiger partial charge >= 0.3 is 5.97 Å². The summed E-state index contributed by atoms with van der Waals surface area (Å²) in [5, 5.41) is 9.00. The van der Waals surface area contributed by atoms with Crippen LogP contribution in [0.3, 0.4) is 0 Å². The summed E-state index contributed by atoms with van der Waals surface area (Å²) in [6, 6.07) is 5.26. The van der Waals surface area contributed by atoms with Gasteiger partial charge in [0.05, 0.1) is 5.56 Å². The highest BCUT2D eigenvalue weighted by Crippen LogP contribution is 2.15. The number of hydrogen-bond acceptors (Lipinski definition) is 2. The predicted octanol–water partition coefficient (Wildman–Crippen LogP) is 2.30. The first-order chi connectivity index (χ1) is 7.16. The van der Waals surface area contributed by atoms with Gasteiger partial charge in [-0.2, -0.15) is 0 Å². The number of benzene rings is 1. The van der Waals surface area contributed by atoms with Crippen molar-refractivity contribution in [3.63, 3.8) is 0 Å². The summed E-state index contributed by atoms with van der Waals surface area (Å²) in [5.74, 6) is -0.946. The van der Waals surface area contributed by atoms with Gasteiger partial charge in [0.25, 0.3) is 0 Å². The quantitative estimate of drug-likeness (QED) is 0.765. The number of allylic oxidation sites excluding steroid dienone is 1. The molecule has 0 aromatic heterocycles. The minimum atomic E-state index is -0.946. The van der Waals surface area contributed by atoms with Crippen molar-refractivity contribution >= 4 is 18.3 Å². The van der Waals surface area contributed by atoms with Gasteiger partial charge in [-0.3, -0.25) is 0 Å². The van der Waals surface area contributed by atoms with Gasteiger partial charge in [-0.25, -0.2) is 4.79 Å². The molecule has 0 saturated carbocycles. The molecule has 0 atom stereocenters. The van der Waals surface area contributed by atoms with Crippen molar-refractivity contribution < 1.29 is 14.7 Å². The Morgan fingerprint density at radius 3 is 2.80 bits per heavy atom. The average Bonchev–Trinajstić information content (AvgIpc) is 2.17. The maximum Gasteiger partial charge on any atom is 0.336 e. The number of aromatic carboxylic acids is 1. The van der Waals surface area contributed by atoms with Crippen LogP contribution in [0.5, 0.6) is 0 Å². The predicted molar refractivity (Wildman–Crippen MR) is 57.9 cm³/mol. The van der Waals surface area contributed by atoms with Crippen LogP contribution in [-0.4, -0.2) is 17.4 Å². The summed E-state index contributed by atoms with van der Waals surface area (Å²) in [7, 11) is 0. The topological polar surface area (TPSA) is 54.4 Å². The fourth-order valence-electron chi connectivity index (χ4n) is 1.37. The van der Waals surface area contributed by atoms with Crippen LogP contribution in [0.15, 0.2) is 24.3 Å². The second-order valence-corrected chi connectivity index (χ2v) is 3.15. The van der Waals surface area contributed by atoms with E-state index in [1.165, 1.54) is 0 Å². The second-order valence-electron chi connectivity index (χ2n) is 3.15. The van der Waals surface area contributed by atoms with Gasteiger partial charge in [0.15, 0.2) is 0 Å². The molecule has 78 valence electrons. The van der Waals surface area contributed by atoms with E-state index in [2.05, 4.69) is 0 Å². The number of carboxylic acids is 1. The number of rotatable bonds is 4. The maximum atomic E-state index is 11.0. The van der Waals surface area contributed by atoms with Crippen molar-refractivity contribution in [3.05, 3.63) is 41.0 Å². The van der Waals surface area contributed by atoms with E-state index in [4.69, 9.17) is 5.11 Å². The van der Waals surface area contributed by atoms with Crippen LogP contribution in [0.4, 0.5) is 0 Å². The zero-order valence-electron chi connectivity index (χ0n) is 8.43. The molecular formula is C12H12O3. The highest BCUT2D eigenvalue weighted by molar-refractivity contribution is 5.93. The van der Waals surface area contributed by atoms with Crippen molar-refractivity contribution in [2.45, 2.75) is 13.3 Å². The molecule has 3 nitrogen and oxygen atoms in total. The Bertz CT molecular complexity index is 405. The van der Waals surface area contributed by atoms with Crippen molar-refractivity contribution in [2.24, 2.45) is 0 Å². The molecule has 15 heavy (non-hydrogen) atoms. The molecule has 0 radical (unpaired) electrons. The first kappa shape index (κ1) is 11.2. The summed E-state index contributed by atoms with van der Waals surface area (Å²) in [6.45, 7) is 1.75. The molecule has 0 heterocycles. The van der Waals surface area contributed by atoms with Crippen LogP contribution >= 0.6 is 0 Å². The van der Waals surface area contributed by atoms with E-state index >= 15 is 0 Å². The molecule has 0 amide bonds. The third-order valence-corrected chi connectivity index (χ3v) is 2.05. The molecule has 1 aromatic carbocycles. The van der Waals surface area contributed by atoms with Gasteiger partial charge < -0.3 is 9.90 Å². The molecule has 0 spiro atoms. The summed E-state index contributed by atoms with van der Waals surface area (Å²) < 4.78 is 0. The van der Waals surface area contributed by atoms with Gasteiger partial charge in [0, 0.05) is 6.42 Å². The van der Waals surface area contributed by atoms with Gasteiger partial charge in [-0.05, 0) is 18.1 Å². The second kappa shape index (κ2) is 5.10. The molecule has 3 heteroatoms. The largest absolute Gasteiger partial charge is 0.478 e. The Morgan fingerprint density at radius 1 is 1.47 bits per heavy atom. The van der Waals surface area contributed by atoms with Gasteiger partial charge in [-0.15, -0.1) is 0 Å². The number of aryl methyl sites for hydroxylation is 1. The first-order valence-corrected chi connectivity index (χ1v) is 4.60. The lowest BCUT2D eigenvalue weighted by Gasteiger charge is -2.04. The van der Waals surface area contributed by atoms with E-state index in [-0.39, 0.29) is 0 Å². The third-order valence-electron chi connectivity index (χ3n) is 2.05. The lowest BCUT2D eigenvalue weighted by atomic mass is 10.0. The highest BCUT2D eigenvalue weighted by Gasteiger charge is 2.10. The van der Waals surface area contributed by atoms with Crippen LogP contribution in [0, 0.1) is 6.92 Å². The summed E-state index contributed by atoms with van der Waals surface area (Å²) in [5.41, 5.74) is 1.64. The molecule has 0 unspecified atom stereocenters. The fraction of sp³-hybridized carbons (Fsp3) is 0.167. The number of hydrogen-bond donors (Lipinski definition) is 1. The lowest BCUT2D eigenvalue weighted by molar-refractivity contribution is -0.107. The summed E-state index contributed by atoms with van der Waals surface area (Å²) in [4.78, 5) is 21.1. The Kier molecular flexibility index (Phi) is 3.80. The van der Waals surface area contributed by atoms with E-state index in [1.807, 2.05) is 0 Å². The van der Waals surface area contributed by atoms with E-state index in [0.717, 1.165) is 11.8 Å². The van der Waals surface area contributed by atoms with Crippen LogP contribution in [0.2, 0.25) is 0 Å². The highest BCUT2D eigenvalue weighted by atomic mass is 16.4. The molecule has 0 aliphatic carbocycles. The molecule has 0 saturated heterocycles. The molecule has 0 fully saturated rings. The van der Waals surface area contributed by atoms with Crippen molar-refractivity contribution in [1.82, 2.24) is 0 Å². The van der Waals surface area contributed by atoms with Crippen LogP contribution in [0.1, 0.15) is 27.9 Å². The summed E-state index contributed by atoms with van der Waals surface area (Å²) in [6.07, 6.45) is 4.37.